The van der Waals surface area contributed by atoms with Crippen LogP contribution in [0.2, 0.25) is 0 Å². The van der Waals surface area contributed by atoms with Gasteiger partial charge in [-0.3, -0.25) is 4.98 Å². The average Bonchev–Trinajstić information content (AvgIpc) is 2.78. The van der Waals surface area contributed by atoms with Crippen LogP contribution in [0.4, 0.5) is 0 Å². The molecule has 2 heterocycles. The van der Waals surface area contributed by atoms with E-state index in [0.717, 1.165) is 22.2 Å². The Bertz CT molecular complexity index is 705. The van der Waals surface area contributed by atoms with E-state index < -0.39 is 0 Å². The predicted molar refractivity (Wildman–Crippen MR) is 66.2 cm³/mol. The van der Waals surface area contributed by atoms with Gasteiger partial charge in [-0.05, 0) is 18.2 Å². The van der Waals surface area contributed by atoms with Crippen LogP contribution < -0.4 is 0 Å². The minimum absolute atomic E-state index is 0.675. The number of aromatic amines is 1. The fourth-order valence-corrected chi connectivity index (χ4v) is 1.99. The summed E-state index contributed by atoms with van der Waals surface area (Å²) in [6.45, 7) is 0. The van der Waals surface area contributed by atoms with Crippen molar-refractivity contribution in [2.75, 3.05) is 0 Å². The van der Waals surface area contributed by atoms with Gasteiger partial charge in [-0.1, -0.05) is 18.2 Å². The van der Waals surface area contributed by atoms with Crippen molar-refractivity contribution in [3.05, 3.63) is 54.4 Å². The molecule has 3 aromatic rings. The molecule has 1 aromatic carbocycles. The third kappa shape index (κ3) is 1.47. The first kappa shape index (κ1) is 9.61. The monoisotopic (exact) mass is 219 g/mol. The first-order chi connectivity index (χ1) is 8.40. The molecule has 3 rings (SSSR count). The van der Waals surface area contributed by atoms with E-state index in [-0.39, 0.29) is 0 Å². The lowest BCUT2D eigenvalue weighted by molar-refractivity contribution is 1.31. The van der Waals surface area contributed by atoms with Crippen LogP contribution in [-0.4, -0.2) is 9.97 Å². The molecule has 0 saturated heterocycles. The maximum atomic E-state index is 9.28. The third-order valence-corrected chi connectivity index (χ3v) is 2.77. The van der Waals surface area contributed by atoms with Gasteiger partial charge in [0.25, 0.3) is 0 Å². The molecule has 0 fully saturated rings. The Hall–Kier alpha value is -2.60. The van der Waals surface area contributed by atoms with Crippen molar-refractivity contribution >= 4 is 10.9 Å². The molecule has 3 heteroatoms. The van der Waals surface area contributed by atoms with Crippen molar-refractivity contribution in [3.8, 4) is 17.3 Å². The molecule has 2 aromatic heterocycles. The fraction of sp³-hybridized carbons (Fsp3) is 0. The van der Waals surface area contributed by atoms with E-state index in [1.165, 1.54) is 0 Å². The number of aromatic nitrogens is 2. The molecule has 80 valence electrons. The van der Waals surface area contributed by atoms with E-state index in [4.69, 9.17) is 0 Å². The number of rotatable bonds is 1. The summed E-state index contributed by atoms with van der Waals surface area (Å²) in [5, 5.41) is 10.2. The van der Waals surface area contributed by atoms with Crippen LogP contribution in [0.25, 0.3) is 22.2 Å². The number of nitrogens with zero attached hydrogens (tertiary/aromatic N) is 2. The van der Waals surface area contributed by atoms with E-state index >= 15 is 0 Å². The van der Waals surface area contributed by atoms with E-state index in [9.17, 15) is 5.26 Å². The van der Waals surface area contributed by atoms with Gasteiger partial charge in [-0.25, -0.2) is 0 Å². The maximum Gasteiger partial charge on any atom is 0.102 e. The van der Waals surface area contributed by atoms with Crippen molar-refractivity contribution < 1.29 is 0 Å². The van der Waals surface area contributed by atoms with Gasteiger partial charge in [0.1, 0.15) is 6.07 Å². The molecule has 1 N–H and O–H groups in total. The summed E-state index contributed by atoms with van der Waals surface area (Å²) in [6.07, 6.45) is 3.48. The van der Waals surface area contributed by atoms with Crippen LogP contribution in [-0.2, 0) is 0 Å². The normalized spacial score (nSPS) is 10.3. The highest BCUT2D eigenvalue weighted by molar-refractivity contribution is 5.93. The molecule has 0 amide bonds. The SMILES string of the molecule is N#Cc1c(-c2cccnc2)[nH]c2ccccc12. The van der Waals surface area contributed by atoms with Crippen molar-refractivity contribution in [1.82, 2.24) is 9.97 Å². The van der Waals surface area contributed by atoms with Crippen molar-refractivity contribution in [2.45, 2.75) is 0 Å². The Labute approximate surface area is 98.4 Å². The summed E-state index contributed by atoms with van der Waals surface area (Å²) in [4.78, 5) is 7.35. The molecule has 0 unspecified atom stereocenters. The summed E-state index contributed by atoms with van der Waals surface area (Å²) < 4.78 is 0. The topological polar surface area (TPSA) is 52.5 Å². The molecule has 0 bridgehead atoms. The number of para-hydroxylation sites is 1. The number of fused-ring (bicyclic) bond motifs is 1. The van der Waals surface area contributed by atoms with Gasteiger partial charge in [-0.2, -0.15) is 5.26 Å². The fourth-order valence-electron chi connectivity index (χ4n) is 1.99. The molecule has 0 aliphatic rings. The maximum absolute atomic E-state index is 9.28. The van der Waals surface area contributed by atoms with Gasteiger partial charge in [-0.15, -0.1) is 0 Å². The van der Waals surface area contributed by atoms with Gasteiger partial charge in [0.05, 0.1) is 11.3 Å². The lowest BCUT2D eigenvalue weighted by Crippen LogP contribution is -1.82. The van der Waals surface area contributed by atoms with Crippen molar-refractivity contribution in [2.24, 2.45) is 0 Å². The second kappa shape index (κ2) is 3.76. The Balaban J connectivity index is 2.35. The molecule has 0 spiro atoms. The van der Waals surface area contributed by atoms with E-state index in [2.05, 4.69) is 16.0 Å². The van der Waals surface area contributed by atoms with Crippen LogP contribution in [0.3, 0.4) is 0 Å². The number of hydrogen-bond donors (Lipinski definition) is 1. The lowest BCUT2D eigenvalue weighted by Gasteiger charge is -1.96. The smallest absolute Gasteiger partial charge is 0.102 e. The quantitative estimate of drug-likeness (QED) is 0.683. The summed E-state index contributed by atoms with van der Waals surface area (Å²) in [6, 6.07) is 13.9. The summed E-state index contributed by atoms with van der Waals surface area (Å²) in [7, 11) is 0. The van der Waals surface area contributed by atoms with Gasteiger partial charge in [0.15, 0.2) is 0 Å². The van der Waals surface area contributed by atoms with E-state index in [0.29, 0.717) is 5.56 Å². The largest absolute Gasteiger partial charge is 0.353 e. The number of nitrogens with one attached hydrogen (secondary N) is 1. The standard InChI is InChI=1S/C14H9N3/c15-8-12-11-5-1-2-6-13(11)17-14(12)10-4-3-7-16-9-10/h1-7,9,17H. The number of H-pyrrole nitrogens is 1. The highest BCUT2D eigenvalue weighted by Crippen LogP contribution is 2.28. The van der Waals surface area contributed by atoms with Crippen LogP contribution >= 0.6 is 0 Å². The molecule has 0 atom stereocenters. The van der Waals surface area contributed by atoms with Gasteiger partial charge < -0.3 is 4.98 Å². The van der Waals surface area contributed by atoms with E-state index in [1.54, 1.807) is 12.4 Å². The highest BCUT2D eigenvalue weighted by Gasteiger charge is 2.11. The number of nitriles is 1. The zero-order chi connectivity index (χ0) is 11.7. The summed E-state index contributed by atoms with van der Waals surface area (Å²) in [5.41, 5.74) is 3.42. The molecule has 0 radical (unpaired) electrons. The Morgan fingerprint density at radius 2 is 2.00 bits per heavy atom. The predicted octanol–water partition coefficient (Wildman–Crippen LogP) is 3.10. The average molecular weight is 219 g/mol. The second-order valence-corrected chi connectivity index (χ2v) is 3.77. The number of pyridine rings is 1. The van der Waals surface area contributed by atoms with Crippen LogP contribution in [0, 0.1) is 11.3 Å². The van der Waals surface area contributed by atoms with E-state index in [1.807, 2.05) is 36.4 Å². The number of benzene rings is 1. The van der Waals surface area contributed by atoms with Crippen LogP contribution in [0.15, 0.2) is 48.8 Å². The zero-order valence-corrected chi connectivity index (χ0v) is 9.01. The minimum atomic E-state index is 0.675. The van der Waals surface area contributed by atoms with Crippen LogP contribution in [0.1, 0.15) is 5.56 Å². The first-order valence-electron chi connectivity index (χ1n) is 5.31. The Morgan fingerprint density at radius 1 is 1.12 bits per heavy atom. The highest BCUT2D eigenvalue weighted by atomic mass is 14.7. The van der Waals surface area contributed by atoms with Crippen LogP contribution in [0.5, 0.6) is 0 Å². The van der Waals surface area contributed by atoms with Gasteiger partial charge >= 0.3 is 0 Å². The van der Waals surface area contributed by atoms with Gasteiger partial charge in [0.2, 0.25) is 0 Å². The Morgan fingerprint density at radius 3 is 2.76 bits per heavy atom. The summed E-state index contributed by atoms with van der Waals surface area (Å²) >= 11 is 0. The zero-order valence-electron chi connectivity index (χ0n) is 9.01. The molecule has 3 nitrogen and oxygen atoms in total. The third-order valence-electron chi connectivity index (χ3n) is 2.77. The van der Waals surface area contributed by atoms with Crippen molar-refractivity contribution in [1.29, 1.82) is 5.26 Å². The lowest BCUT2D eigenvalue weighted by atomic mass is 10.1. The molecular weight excluding hydrogens is 210 g/mol. The molecule has 0 saturated carbocycles. The first-order valence-corrected chi connectivity index (χ1v) is 5.31. The molecule has 0 aliphatic carbocycles. The Kier molecular flexibility index (Phi) is 2.13. The molecule has 17 heavy (non-hydrogen) atoms. The summed E-state index contributed by atoms with van der Waals surface area (Å²) in [5.74, 6) is 0. The molecular formula is C14H9N3. The molecule has 0 aliphatic heterocycles. The number of hydrogen-bond acceptors (Lipinski definition) is 2. The minimum Gasteiger partial charge on any atom is -0.353 e. The van der Waals surface area contributed by atoms with Crippen molar-refractivity contribution in [3.63, 3.8) is 0 Å². The second-order valence-electron chi connectivity index (χ2n) is 3.77. The van der Waals surface area contributed by atoms with Gasteiger partial charge in [0, 0.05) is 28.9 Å².